The quantitative estimate of drug-likeness (QED) is 0.842. The molecule has 1 aromatic carbocycles. The summed E-state index contributed by atoms with van der Waals surface area (Å²) in [6, 6.07) is 13.7. The molecule has 0 spiro atoms. The second kappa shape index (κ2) is 7.54. The maximum atomic E-state index is 12.3. The zero-order valence-electron chi connectivity index (χ0n) is 13.0. The number of hydrogen-bond donors (Lipinski definition) is 1. The molecule has 3 heteroatoms. The van der Waals surface area contributed by atoms with E-state index in [-0.39, 0.29) is 11.8 Å². The number of anilines is 1. The van der Waals surface area contributed by atoms with Gasteiger partial charge in [0.25, 0.3) is 0 Å². The third-order valence-electron chi connectivity index (χ3n) is 3.93. The smallest absolute Gasteiger partial charge is 0.227 e. The third-order valence-corrected chi connectivity index (χ3v) is 3.93. The number of benzene rings is 1. The Morgan fingerprint density at radius 2 is 2.09 bits per heavy atom. The van der Waals surface area contributed by atoms with Crippen LogP contribution in [0.25, 0.3) is 12.2 Å². The first-order valence-corrected chi connectivity index (χ1v) is 7.96. The van der Waals surface area contributed by atoms with Crippen molar-refractivity contribution in [1.29, 1.82) is 0 Å². The molecule has 0 fully saturated rings. The van der Waals surface area contributed by atoms with Crippen LogP contribution in [0.2, 0.25) is 0 Å². The van der Waals surface area contributed by atoms with Gasteiger partial charge in [-0.05, 0) is 55.2 Å². The summed E-state index contributed by atoms with van der Waals surface area (Å²) >= 11 is 0. The molecule has 0 saturated heterocycles. The Labute approximate surface area is 136 Å². The third kappa shape index (κ3) is 4.39. The predicted molar refractivity (Wildman–Crippen MR) is 94.7 cm³/mol. The summed E-state index contributed by atoms with van der Waals surface area (Å²) in [7, 11) is 0. The molecule has 23 heavy (non-hydrogen) atoms. The molecule has 1 N–H and O–H groups in total. The molecule has 3 rings (SSSR count). The van der Waals surface area contributed by atoms with Crippen molar-refractivity contribution in [3.63, 3.8) is 0 Å². The number of carbonyl (C=O) groups is 1. The summed E-state index contributed by atoms with van der Waals surface area (Å²) in [5, 5.41) is 3.03. The van der Waals surface area contributed by atoms with Crippen LogP contribution in [-0.4, -0.2) is 10.9 Å². The molecule has 116 valence electrons. The summed E-state index contributed by atoms with van der Waals surface area (Å²) < 4.78 is 0. The van der Waals surface area contributed by atoms with Crippen LogP contribution in [0.5, 0.6) is 0 Å². The van der Waals surface area contributed by atoms with Crippen LogP contribution in [0.4, 0.5) is 5.69 Å². The monoisotopic (exact) mass is 304 g/mol. The lowest BCUT2D eigenvalue weighted by atomic mass is 9.93. The number of amides is 1. The van der Waals surface area contributed by atoms with Crippen LogP contribution in [-0.2, 0) is 4.79 Å². The Hall–Kier alpha value is -2.68. The summed E-state index contributed by atoms with van der Waals surface area (Å²) in [4.78, 5) is 16.5. The van der Waals surface area contributed by atoms with Crippen LogP contribution in [0.3, 0.4) is 0 Å². The highest BCUT2D eigenvalue weighted by molar-refractivity contribution is 5.93. The first kappa shape index (κ1) is 15.2. The van der Waals surface area contributed by atoms with Gasteiger partial charge in [-0.15, -0.1) is 0 Å². The van der Waals surface area contributed by atoms with E-state index in [9.17, 15) is 4.79 Å². The zero-order chi connectivity index (χ0) is 15.9. The number of pyridine rings is 1. The van der Waals surface area contributed by atoms with Crippen LogP contribution < -0.4 is 5.32 Å². The van der Waals surface area contributed by atoms with Crippen molar-refractivity contribution in [3.05, 3.63) is 72.1 Å². The van der Waals surface area contributed by atoms with Crippen molar-refractivity contribution in [1.82, 2.24) is 4.98 Å². The molecular weight excluding hydrogens is 284 g/mol. The highest BCUT2D eigenvalue weighted by atomic mass is 16.1. The van der Waals surface area contributed by atoms with Crippen molar-refractivity contribution in [3.8, 4) is 0 Å². The Balaban J connectivity index is 1.66. The van der Waals surface area contributed by atoms with E-state index in [4.69, 9.17) is 0 Å². The molecule has 0 aliphatic heterocycles. The summed E-state index contributed by atoms with van der Waals surface area (Å²) in [6.07, 6.45) is 12.7. The van der Waals surface area contributed by atoms with Crippen LogP contribution in [0.1, 0.15) is 30.5 Å². The van der Waals surface area contributed by atoms with E-state index in [1.165, 1.54) is 0 Å². The van der Waals surface area contributed by atoms with E-state index in [1.807, 2.05) is 54.6 Å². The molecule has 1 aliphatic carbocycles. The van der Waals surface area contributed by atoms with Gasteiger partial charge in [0.2, 0.25) is 5.91 Å². The molecule has 1 atom stereocenters. The summed E-state index contributed by atoms with van der Waals surface area (Å²) in [5.74, 6) is 0.202. The minimum Gasteiger partial charge on any atom is -0.326 e. The standard InChI is InChI=1S/C20H20N2O/c23-20(17-8-2-1-3-9-17)22-19-11-6-7-16(15-19)12-13-18-10-4-5-14-21-18/h1-2,4-7,10-15,17H,3,8-9H2,(H,22,23). The molecule has 1 unspecified atom stereocenters. The molecule has 0 bridgehead atoms. The van der Waals surface area contributed by atoms with Crippen molar-refractivity contribution >= 4 is 23.7 Å². The van der Waals surface area contributed by atoms with Crippen molar-refractivity contribution in [2.24, 2.45) is 5.92 Å². The van der Waals surface area contributed by atoms with Crippen molar-refractivity contribution < 1.29 is 4.79 Å². The maximum absolute atomic E-state index is 12.3. The number of nitrogens with zero attached hydrogens (tertiary/aromatic N) is 1. The second-order valence-electron chi connectivity index (χ2n) is 5.68. The van der Waals surface area contributed by atoms with Crippen molar-refractivity contribution in [2.45, 2.75) is 19.3 Å². The van der Waals surface area contributed by atoms with Crippen LogP contribution in [0.15, 0.2) is 60.8 Å². The van der Waals surface area contributed by atoms with E-state index >= 15 is 0 Å². The lowest BCUT2D eigenvalue weighted by Gasteiger charge is -2.17. The van der Waals surface area contributed by atoms with Crippen molar-refractivity contribution in [2.75, 3.05) is 5.32 Å². The minimum atomic E-state index is 0.0905. The van der Waals surface area contributed by atoms with E-state index < -0.39 is 0 Å². The predicted octanol–water partition coefficient (Wildman–Crippen LogP) is 4.55. The van der Waals surface area contributed by atoms with E-state index in [0.29, 0.717) is 0 Å². The average Bonchev–Trinajstić information content (AvgIpc) is 2.62. The van der Waals surface area contributed by atoms with Gasteiger partial charge in [-0.3, -0.25) is 9.78 Å². The van der Waals surface area contributed by atoms with Crippen LogP contribution in [0, 0.1) is 5.92 Å². The van der Waals surface area contributed by atoms with E-state index in [1.54, 1.807) is 6.20 Å². The van der Waals surface area contributed by atoms with Gasteiger partial charge in [0.1, 0.15) is 0 Å². The Kier molecular flexibility index (Phi) is 4.99. The molecule has 2 aromatic rings. The molecular formula is C20H20N2O. The van der Waals surface area contributed by atoms with Crippen LogP contribution >= 0.6 is 0 Å². The fraction of sp³-hybridized carbons (Fsp3) is 0.200. The Morgan fingerprint density at radius 3 is 2.87 bits per heavy atom. The highest BCUT2D eigenvalue weighted by Gasteiger charge is 2.18. The number of hydrogen-bond acceptors (Lipinski definition) is 2. The molecule has 0 radical (unpaired) electrons. The average molecular weight is 304 g/mol. The summed E-state index contributed by atoms with van der Waals surface area (Å²) in [5.41, 5.74) is 2.79. The molecule has 1 aliphatic rings. The SMILES string of the molecule is O=C(Nc1cccc(C=Cc2ccccn2)c1)C1CC=CCC1. The van der Waals surface area contributed by atoms with Gasteiger partial charge < -0.3 is 5.32 Å². The van der Waals surface area contributed by atoms with Gasteiger partial charge in [0, 0.05) is 17.8 Å². The number of aromatic nitrogens is 1. The molecule has 0 saturated carbocycles. The molecule has 1 amide bonds. The number of nitrogens with one attached hydrogen (secondary N) is 1. The molecule has 1 aromatic heterocycles. The zero-order valence-corrected chi connectivity index (χ0v) is 13.0. The largest absolute Gasteiger partial charge is 0.326 e. The molecule has 3 nitrogen and oxygen atoms in total. The normalized spacial score (nSPS) is 17.3. The summed E-state index contributed by atoms with van der Waals surface area (Å²) in [6.45, 7) is 0. The van der Waals surface area contributed by atoms with Gasteiger partial charge in [0.05, 0.1) is 5.69 Å². The number of allylic oxidation sites excluding steroid dienone is 2. The molecule has 1 heterocycles. The second-order valence-corrected chi connectivity index (χ2v) is 5.68. The topological polar surface area (TPSA) is 42.0 Å². The van der Waals surface area contributed by atoms with Gasteiger partial charge in [-0.25, -0.2) is 0 Å². The number of carbonyl (C=O) groups excluding carboxylic acids is 1. The van der Waals surface area contributed by atoms with E-state index in [0.717, 1.165) is 36.2 Å². The Bertz CT molecular complexity index is 719. The Morgan fingerprint density at radius 1 is 1.13 bits per heavy atom. The van der Waals surface area contributed by atoms with Gasteiger partial charge in [-0.1, -0.05) is 36.4 Å². The minimum absolute atomic E-state index is 0.0905. The first-order valence-electron chi connectivity index (χ1n) is 7.96. The lowest BCUT2D eigenvalue weighted by molar-refractivity contribution is -0.120. The van der Waals surface area contributed by atoms with Gasteiger partial charge in [-0.2, -0.15) is 0 Å². The number of rotatable bonds is 4. The van der Waals surface area contributed by atoms with E-state index in [2.05, 4.69) is 22.5 Å². The first-order chi connectivity index (χ1) is 11.3. The van der Waals surface area contributed by atoms with Gasteiger partial charge >= 0.3 is 0 Å². The lowest BCUT2D eigenvalue weighted by Crippen LogP contribution is -2.23. The maximum Gasteiger partial charge on any atom is 0.227 e. The fourth-order valence-corrected chi connectivity index (χ4v) is 2.65. The highest BCUT2D eigenvalue weighted by Crippen LogP contribution is 2.21. The fourth-order valence-electron chi connectivity index (χ4n) is 2.65. The van der Waals surface area contributed by atoms with Gasteiger partial charge in [0.15, 0.2) is 0 Å².